The molecular weight excluding hydrogens is 508 g/mol. The molecule has 1 aromatic carbocycles. The molecule has 218 valence electrons. The van der Waals surface area contributed by atoms with Gasteiger partial charge in [0.15, 0.2) is 0 Å². The summed E-state index contributed by atoms with van der Waals surface area (Å²) in [6.07, 6.45) is 1.49. The fourth-order valence-corrected chi connectivity index (χ4v) is 3.78. The second-order valence-electron chi connectivity index (χ2n) is 9.60. The molecular formula is C26H42N6O7. The van der Waals surface area contributed by atoms with Crippen molar-refractivity contribution in [2.45, 2.75) is 83.0 Å². The molecule has 13 heteroatoms. The number of benzene rings is 1. The van der Waals surface area contributed by atoms with Gasteiger partial charge in [0.25, 0.3) is 0 Å². The van der Waals surface area contributed by atoms with Crippen LogP contribution in [0.25, 0.3) is 0 Å². The van der Waals surface area contributed by atoms with E-state index >= 15 is 0 Å². The van der Waals surface area contributed by atoms with E-state index in [1.165, 1.54) is 12.1 Å². The summed E-state index contributed by atoms with van der Waals surface area (Å²) < 4.78 is 0. The van der Waals surface area contributed by atoms with Crippen LogP contribution < -0.4 is 33.2 Å². The van der Waals surface area contributed by atoms with Gasteiger partial charge in [-0.25, -0.2) is 4.79 Å². The fraction of sp³-hybridized carbons (Fsp3) is 0.577. The molecule has 0 aliphatic carbocycles. The maximum atomic E-state index is 13.3. The Morgan fingerprint density at radius 1 is 0.897 bits per heavy atom. The Morgan fingerprint density at radius 2 is 1.51 bits per heavy atom. The highest BCUT2D eigenvalue weighted by molar-refractivity contribution is 5.94. The molecule has 4 amide bonds. The van der Waals surface area contributed by atoms with Crippen LogP contribution >= 0.6 is 0 Å². The van der Waals surface area contributed by atoms with Crippen molar-refractivity contribution >= 4 is 29.6 Å². The Hall–Kier alpha value is -3.71. The number of unbranched alkanes of at least 4 members (excludes halogenated alkanes) is 1. The lowest BCUT2D eigenvalue weighted by atomic mass is 9.96. The molecule has 0 saturated carbocycles. The van der Waals surface area contributed by atoms with Gasteiger partial charge in [0.05, 0.1) is 6.04 Å². The molecule has 11 N–H and O–H groups in total. The first-order valence-electron chi connectivity index (χ1n) is 13.0. The zero-order valence-electron chi connectivity index (χ0n) is 22.5. The summed E-state index contributed by atoms with van der Waals surface area (Å²) >= 11 is 0. The SMILES string of the molecule is CCC(C)C(NC(=O)C(N)Cc1ccc(O)cc1)C(=O)NC(CCCCN)C(=O)NC(CCC(N)=O)C(=O)O. The number of primary amides is 1. The minimum Gasteiger partial charge on any atom is -0.508 e. The first kappa shape index (κ1) is 33.3. The molecule has 0 radical (unpaired) electrons. The van der Waals surface area contributed by atoms with E-state index in [4.69, 9.17) is 17.2 Å². The Kier molecular flexibility index (Phi) is 14.5. The molecule has 39 heavy (non-hydrogen) atoms. The van der Waals surface area contributed by atoms with Crippen LogP contribution in [-0.4, -0.2) is 70.5 Å². The molecule has 0 saturated heterocycles. The predicted molar refractivity (Wildman–Crippen MR) is 144 cm³/mol. The molecule has 1 rings (SSSR count). The molecule has 0 aliphatic rings. The number of hydrogen-bond donors (Lipinski definition) is 8. The van der Waals surface area contributed by atoms with Crippen LogP contribution in [0.4, 0.5) is 0 Å². The first-order valence-corrected chi connectivity index (χ1v) is 13.0. The van der Waals surface area contributed by atoms with Crippen LogP contribution in [0, 0.1) is 5.92 Å². The van der Waals surface area contributed by atoms with Crippen LogP contribution in [-0.2, 0) is 30.4 Å². The number of hydrogen-bond acceptors (Lipinski definition) is 8. The molecule has 5 unspecified atom stereocenters. The summed E-state index contributed by atoms with van der Waals surface area (Å²) in [6.45, 7) is 3.97. The van der Waals surface area contributed by atoms with Gasteiger partial charge in [-0.05, 0) is 62.3 Å². The molecule has 0 aromatic heterocycles. The molecule has 0 spiro atoms. The number of aliphatic carboxylic acids is 1. The van der Waals surface area contributed by atoms with E-state index in [-0.39, 0.29) is 37.4 Å². The third-order valence-corrected chi connectivity index (χ3v) is 6.40. The number of phenolic OH excluding ortho intramolecular Hbond substituents is 1. The smallest absolute Gasteiger partial charge is 0.326 e. The van der Waals surface area contributed by atoms with E-state index in [0.29, 0.717) is 25.8 Å². The lowest BCUT2D eigenvalue weighted by Crippen LogP contribution is -2.58. The fourth-order valence-electron chi connectivity index (χ4n) is 3.78. The highest BCUT2D eigenvalue weighted by atomic mass is 16.4. The Morgan fingerprint density at radius 3 is 2.05 bits per heavy atom. The Bertz CT molecular complexity index is 972. The summed E-state index contributed by atoms with van der Waals surface area (Å²) in [5.74, 6) is -4.21. The summed E-state index contributed by atoms with van der Waals surface area (Å²) in [6, 6.07) is 1.78. The molecule has 0 heterocycles. The van der Waals surface area contributed by atoms with Crippen molar-refractivity contribution in [1.29, 1.82) is 0 Å². The van der Waals surface area contributed by atoms with Crippen molar-refractivity contribution in [2.75, 3.05) is 6.54 Å². The van der Waals surface area contributed by atoms with Gasteiger partial charge in [0, 0.05) is 6.42 Å². The van der Waals surface area contributed by atoms with Gasteiger partial charge in [-0.1, -0.05) is 32.4 Å². The van der Waals surface area contributed by atoms with Gasteiger partial charge in [-0.3, -0.25) is 19.2 Å². The van der Waals surface area contributed by atoms with Crippen molar-refractivity contribution in [3.8, 4) is 5.75 Å². The standard InChI is InChI=1S/C26H42N6O7/c1-3-15(2)22(32-23(35)18(28)14-16-7-9-17(33)10-8-16)25(37)30-19(6-4-5-13-27)24(36)31-20(26(38)39)11-12-21(29)34/h7-10,15,18-20,22,33H,3-6,11-14,27-28H2,1-2H3,(H2,29,34)(H,30,37)(H,31,36)(H,32,35)(H,38,39). The van der Waals surface area contributed by atoms with Crippen molar-refractivity contribution in [3.05, 3.63) is 29.8 Å². The zero-order valence-corrected chi connectivity index (χ0v) is 22.5. The molecule has 1 aromatic rings. The van der Waals surface area contributed by atoms with Crippen LogP contribution in [0.2, 0.25) is 0 Å². The highest BCUT2D eigenvalue weighted by Gasteiger charge is 2.32. The van der Waals surface area contributed by atoms with Gasteiger partial charge in [0.1, 0.15) is 23.9 Å². The van der Waals surface area contributed by atoms with Crippen molar-refractivity contribution in [3.63, 3.8) is 0 Å². The van der Waals surface area contributed by atoms with Crippen molar-refractivity contribution in [2.24, 2.45) is 23.1 Å². The quantitative estimate of drug-likeness (QED) is 0.107. The monoisotopic (exact) mass is 550 g/mol. The lowest BCUT2D eigenvalue weighted by molar-refractivity contribution is -0.142. The molecule has 5 atom stereocenters. The van der Waals surface area contributed by atoms with E-state index in [9.17, 15) is 34.2 Å². The summed E-state index contributed by atoms with van der Waals surface area (Å²) in [7, 11) is 0. The van der Waals surface area contributed by atoms with Gasteiger partial charge >= 0.3 is 5.97 Å². The topological polar surface area (TPSA) is 240 Å². The normalized spacial score (nSPS) is 14.8. The largest absolute Gasteiger partial charge is 0.508 e. The average molecular weight is 551 g/mol. The number of aromatic hydroxyl groups is 1. The van der Waals surface area contributed by atoms with E-state index in [2.05, 4.69) is 16.0 Å². The predicted octanol–water partition coefficient (Wildman–Crippen LogP) is -0.758. The van der Waals surface area contributed by atoms with Crippen LogP contribution in [0.1, 0.15) is 57.9 Å². The van der Waals surface area contributed by atoms with Gasteiger partial charge < -0.3 is 43.4 Å². The summed E-state index contributed by atoms with van der Waals surface area (Å²) in [5.41, 5.74) is 17.4. The molecule has 0 fully saturated rings. The average Bonchev–Trinajstić information content (AvgIpc) is 2.89. The first-order chi connectivity index (χ1) is 18.4. The third kappa shape index (κ3) is 12.1. The minimum absolute atomic E-state index is 0.0814. The van der Waals surface area contributed by atoms with E-state index in [1.54, 1.807) is 19.1 Å². The van der Waals surface area contributed by atoms with Gasteiger partial charge in [-0.15, -0.1) is 0 Å². The summed E-state index contributed by atoms with van der Waals surface area (Å²) in [5, 5.41) is 26.5. The van der Waals surface area contributed by atoms with E-state index < -0.39 is 53.8 Å². The number of carbonyl (C=O) groups excluding carboxylic acids is 4. The van der Waals surface area contributed by atoms with Gasteiger partial charge in [0.2, 0.25) is 23.6 Å². The van der Waals surface area contributed by atoms with Crippen LogP contribution in [0.5, 0.6) is 5.75 Å². The number of carboxylic acids is 1. The second kappa shape index (κ2) is 17.0. The number of amides is 4. The number of phenols is 1. The molecule has 13 nitrogen and oxygen atoms in total. The van der Waals surface area contributed by atoms with Crippen molar-refractivity contribution < 1.29 is 34.2 Å². The Labute approximate surface area is 228 Å². The van der Waals surface area contributed by atoms with Crippen LogP contribution in [0.3, 0.4) is 0 Å². The second-order valence-corrected chi connectivity index (χ2v) is 9.60. The maximum Gasteiger partial charge on any atom is 0.326 e. The number of nitrogens with two attached hydrogens (primary N) is 3. The number of nitrogens with one attached hydrogen (secondary N) is 3. The van der Waals surface area contributed by atoms with E-state index in [1.807, 2.05) is 6.92 Å². The number of carboxylic acid groups (broad SMARTS) is 1. The third-order valence-electron chi connectivity index (χ3n) is 6.40. The lowest BCUT2D eigenvalue weighted by Gasteiger charge is -2.28. The Balaban J connectivity index is 2.99. The van der Waals surface area contributed by atoms with Gasteiger partial charge in [-0.2, -0.15) is 0 Å². The zero-order chi connectivity index (χ0) is 29.5. The number of carbonyl (C=O) groups is 5. The maximum absolute atomic E-state index is 13.3. The summed E-state index contributed by atoms with van der Waals surface area (Å²) in [4.78, 5) is 61.8. The minimum atomic E-state index is -1.37. The van der Waals surface area contributed by atoms with Crippen molar-refractivity contribution in [1.82, 2.24) is 16.0 Å². The molecule has 0 bridgehead atoms. The van der Waals surface area contributed by atoms with Crippen LogP contribution in [0.15, 0.2) is 24.3 Å². The highest BCUT2D eigenvalue weighted by Crippen LogP contribution is 2.13. The van der Waals surface area contributed by atoms with E-state index in [0.717, 1.165) is 5.56 Å². The molecule has 0 aliphatic heterocycles. The number of rotatable bonds is 18.